The normalized spacial score (nSPS) is 12.0. The molecule has 0 aliphatic heterocycles. The number of hydrogen-bond donors (Lipinski definition) is 0. The molecular weight excluding hydrogens is 853 g/mol. The minimum Gasteiger partial charge on any atom is -0.456 e. The Morgan fingerprint density at radius 2 is 0.843 bits per heavy atom. The van der Waals surface area contributed by atoms with Crippen LogP contribution in [0.15, 0.2) is 235 Å². The molecule has 3 aromatic heterocycles. The Hall–Kier alpha value is -9.45. The Balaban J connectivity index is 0.908. The number of nitrogens with zero attached hydrogens (tertiary/aromatic N) is 4. The van der Waals surface area contributed by atoms with Crippen LogP contribution in [0.25, 0.3) is 149 Å². The number of furan rings is 1. The molecular formula is C65H38N4O. The summed E-state index contributed by atoms with van der Waals surface area (Å²) in [6.45, 7) is 0. The van der Waals surface area contributed by atoms with Crippen molar-refractivity contribution in [1.29, 1.82) is 0 Å². The van der Waals surface area contributed by atoms with Crippen molar-refractivity contribution in [2.24, 2.45) is 0 Å². The van der Waals surface area contributed by atoms with Crippen molar-refractivity contribution in [1.82, 2.24) is 19.5 Å². The van der Waals surface area contributed by atoms with Crippen LogP contribution < -0.4 is 0 Å². The number of benzene rings is 12. The van der Waals surface area contributed by atoms with Crippen molar-refractivity contribution < 1.29 is 4.42 Å². The lowest BCUT2D eigenvalue weighted by Gasteiger charge is -2.12. The van der Waals surface area contributed by atoms with E-state index in [2.05, 4.69) is 229 Å². The van der Waals surface area contributed by atoms with Crippen LogP contribution in [0.3, 0.4) is 0 Å². The van der Waals surface area contributed by atoms with E-state index in [0.29, 0.717) is 17.5 Å². The van der Waals surface area contributed by atoms with Crippen molar-refractivity contribution in [2.75, 3.05) is 0 Å². The zero-order valence-corrected chi connectivity index (χ0v) is 37.6. The Morgan fingerprint density at radius 3 is 1.66 bits per heavy atom. The molecule has 0 N–H and O–H groups in total. The summed E-state index contributed by atoms with van der Waals surface area (Å²) < 4.78 is 9.26. The Kier molecular flexibility index (Phi) is 8.29. The molecule has 0 unspecified atom stereocenters. The van der Waals surface area contributed by atoms with Crippen LogP contribution >= 0.6 is 0 Å². The highest BCUT2D eigenvalue weighted by Gasteiger charge is 2.20. The van der Waals surface area contributed by atoms with Crippen molar-refractivity contribution in [3.63, 3.8) is 0 Å². The van der Waals surface area contributed by atoms with Gasteiger partial charge >= 0.3 is 0 Å². The molecule has 0 saturated heterocycles. The predicted molar refractivity (Wildman–Crippen MR) is 291 cm³/mol. The van der Waals surface area contributed by atoms with E-state index in [1.807, 2.05) is 6.07 Å². The fraction of sp³-hybridized carbons (Fsp3) is 0. The fourth-order valence-corrected chi connectivity index (χ4v) is 11.0. The van der Waals surface area contributed by atoms with Gasteiger partial charge in [-0.15, -0.1) is 0 Å². The molecule has 324 valence electrons. The van der Waals surface area contributed by atoms with Gasteiger partial charge in [-0.25, -0.2) is 15.0 Å². The first-order chi connectivity index (χ1) is 34.6. The fourth-order valence-electron chi connectivity index (χ4n) is 11.0. The Labute approximate surface area is 401 Å². The van der Waals surface area contributed by atoms with Crippen LogP contribution in [0.4, 0.5) is 0 Å². The SMILES string of the molecule is c1ccc(-c2cccc(-c3nc(-c4ccc5c(ccc6ccccc65)c4)nc(-c4ccc5c(c4)oc4ccc6ccc(-n7c8cc9ccccc9cc8c8ccc9ccccc9c87)cc6c45)n3)c2)cc1. The molecule has 0 bridgehead atoms. The lowest BCUT2D eigenvalue weighted by atomic mass is 10.00. The minimum atomic E-state index is 0.573. The summed E-state index contributed by atoms with van der Waals surface area (Å²) in [5.74, 6) is 1.78. The van der Waals surface area contributed by atoms with Gasteiger partial charge in [-0.1, -0.05) is 176 Å². The molecule has 15 rings (SSSR count). The number of aromatic nitrogens is 4. The lowest BCUT2D eigenvalue weighted by molar-refractivity contribution is 0.669. The van der Waals surface area contributed by atoms with E-state index in [4.69, 9.17) is 19.4 Å². The number of fused-ring (bicyclic) bond motifs is 14. The first-order valence-electron chi connectivity index (χ1n) is 23.7. The maximum atomic E-state index is 6.80. The first kappa shape index (κ1) is 38.6. The monoisotopic (exact) mass is 890 g/mol. The summed E-state index contributed by atoms with van der Waals surface area (Å²) in [7, 11) is 0. The summed E-state index contributed by atoms with van der Waals surface area (Å²) in [6.07, 6.45) is 0. The van der Waals surface area contributed by atoms with Crippen molar-refractivity contribution in [3.05, 3.63) is 231 Å². The highest BCUT2D eigenvalue weighted by molar-refractivity contribution is 6.22. The smallest absolute Gasteiger partial charge is 0.164 e. The molecule has 0 saturated carbocycles. The largest absolute Gasteiger partial charge is 0.456 e. The van der Waals surface area contributed by atoms with Gasteiger partial charge in [0.1, 0.15) is 11.2 Å². The molecule has 3 heterocycles. The minimum absolute atomic E-state index is 0.573. The molecule has 15 aromatic rings. The van der Waals surface area contributed by atoms with E-state index in [0.717, 1.165) is 71.6 Å². The summed E-state index contributed by atoms with van der Waals surface area (Å²) in [5.41, 5.74) is 9.98. The Morgan fingerprint density at radius 1 is 0.286 bits per heavy atom. The first-order valence-corrected chi connectivity index (χ1v) is 23.7. The van der Waals surface area contributed by atoms with Gasteiger partial charge < -0.3 is 8.98 Å². The summed E-state index contributed by atoms with van der Waals surface area (Å²) in [5, 5.41) is 16.5. The van der Waals surface area contributed by atoms with Gasteiger partial charge in [0.05, 0.1) is 11.0 Å². The topological polar surface area (TPSA) is 56.7 Å². The van der Waals surface area contributed by atoms with E-state index in [9.17, 15) is 0 Å². The zero-order chi connectivity index (χ0) is 45.9. The second-order valence-electron chi connectivity index (χ2n) is 18.4. The third-order valence-electron chi connectivity index (χ3n) is 14.3. The van der Waals surface area contributed by atoms with E-state index >= 15 is 0 Å². The quantitative estimate of drug-likeness (QED) is 0.162. The average Bonchev–Trinajstić information content (AvgIpc) is 3.97. The molecule has 0 radical (unpaired) electrons. The van der Waals surface area contributed by atoms with Gasteiger partial charge in [-0.3, -0.25) is 0 Å². The van der Waals surface area contributed by atoms with Gasteiger partial charge in [0, 0.05) is 49.3 Å². The molecule has 5 heteroatoms. The summed E-state index contributed by atoms with van der Waals surface area (Å²) in [6, 6.07) is 82.3. The van der Waals surface area contributed by atoms with Gasteiger partial charge in [0.25, 0.3) is 0 Å². The molecule has 0 aliphatic carbocycles. The molecule has 0 aliphatic rings. The van der Waals surface area contributed by atoms with Gasteiger partial charge in [-0.05, 0) is 114 Å². The van der Waals surface area contributed by atoms with Gasteiger partial charge in [0.2, 0.25) is 0 Å². The summed E-state index contributed by atoms with van der Waals surface area (Å²) >= 11 is 0. The molecule has 0 atom stereocenters. The van der Waals surface area contributed by atoms with Crippen LogP contribution in [0.5, 0.6) is 0 Å². The van der Waals surface area contributed by atoms with Crippen LogP contribution in [0.2, 0.25) is 0 Å². The van der Waals surface area contributed by atoms with Crippen molar-refractivity contribution >= 4 is 97.6 Å². The zero-order valence-electron chi connectivity index (χ0n) is 37.6. The molecule has 5 nitrogen and oxygen atoms in total. The third-order valence-corrected chi connectivity index (χ3v) is 14.3. The van der Waals surface area contributed by atoms with Crippen LogP contribution in [0, 0.1) is 0 Å². The highest BCUT2D eigenvalue weighted by atomic mass is 16.3. The van der Waals surface area contributed by atoms with Crippen molar-refractivity contribution in [3.8, 4) is 51.0 Å². The molecule has 0 spiro atoms. The number of hydrogen-bond acceptors (Lipinski definition) is 4. The van der Waals surface area contributed by atoms with Crippen LogP contribution in [-0.2, 0) is 0 Å². The molecule has 0 fully saturated rings. The van der Waals surface area contributed by atoms with Crippen LogP contribution in [-0.4, -0.2) is 19.5 Å². The standard InChI is InChI=1S/C65H38N4O/c1-2-11-39(12-3-1)43-17-10-18-47(33-43)63-66-64(48-25-29-52-46(34-48)22-21-40-13-6-8-19-51(40)52)68-65(67-63)49-26-31-55-60(37-49)70-59-32-27-42-23-28-50(38-56(42)61(55)59)69-58-36-45-16-5-4-15-44(45)35-57(58)54-30-24-41-14-7-9-20-53(41)62(54)69/h1-38H. The second kappa shape index (κ2) is 15.0. The maximum absolute atomic E-state index is 6.80. The Bertz CT molecular complexity index is 4660. The predicted octanol–water partition coefficient (Wildman–Crippen LogP) is 17.3. The molecule has 0 amide bonds. The van der Waals surface area contributed by atoms with E-state index in [-0.39, 0.29) is 0 Å². The maximum Gasteiger partial charge on any atom is 0.164 e. The van der Waals surface area contributed by atoms with E-state index < -0.39 is 0 Å². The average molecular weight is 891 g/mol. The van der Waals surface area contributed by atoms with E-state index in [1.165, 1.54) is 59.5 Å². The third kappa shape index (κ3) is 6.02. The van der Waals surface area contributed by atoms with Crippen LogP contribution in [0.1, 0.15) is 0 Å². The molecule has 12 aromatic carbocycles. The second-order valence-corrected chi connectivity index (χ2v) is 18.4. The van der Waals surface area contributed by atoms with E-state index in [1.54, 1.807) is 0 Å². The lowest BCUT2D eigenvalue weighted by Crippen LogP contribution is -2.00. The van der Waals surface area contributed by atoms with Gasteiger partial charge in [0.15, 0.2) is 17.5 Å². The summed E-state index contributed by atoms with van der Waals surface area (Å²) in [4.78, 5) is 15.6. The van der Waals surface area contributed by atoms with Crippen molar-refractivity contribution in [2.45, 2.75) is 0 Å². The molecule has 70 heavy (non-hydrogen) atoms. The highest BCUT2D eigenvalue weighted by Crippen LogP contribution is 2.42. The number of rotatable bonds is 5. The van der Waals surface area contributed by atoms with Gasteiger partial charge in [-0.2, -0.15) is 0 Å².